The van der Waals surface area contributed by atoms with Crippen LogP contribution in [0.2, 0.25) is 0 Å². The predicted octanol–water partition coefficient (Wildman–Crippen LogP) is -0.889. The van der Waals surface area contributed by atoms with Gasteiger partial charge in [-0.05, 0) is 6.92 Å². The molecule has 62 valence electrons. The molecular formula is C7H10O4. The fraction of sp³-hybridized carbons (Fsp3) is 0.571. The van der Waals surface area contributed by atoms with Crippen molar-refractivity contribution >= 4 is 5.97 Å². The van der Waals surface area contributed by atoms with Crippen molar-refractivity contribution in [2.45, 2.75) is 6.92 Å². The molecule has 0 atom stereocenters. The van der Waals surface area contributed by atoms with Crippen LogP contribution >= 0.6 is 0 Å². The molecule has 0 spiro atoms. The quantitative estimate of drug-likeness (QED) is 0.413. The van der Waals surface area contributed by atoms with E-state index in [1.54, 1.807) is 6.11 Å². The van der Waals surface area contributed by atoms with Crippen LogP contribution in [-0.4, -0.2) is 29.4 Å². The number of terminal acetylenes is 1. The Balaban J connectivity index is 4.27. The summed E-state index contributed by atoms with van der Waals surface area (Å²) >= 11 is 0. The highest BCUT2D eigenvalue weighted by molar-refractivity contribution is 5.77. The molecule has 0 fully saturated rings. The molecule has 0 rings (SSSR count). The van der Waals surface area contributed by atoms with E-state index >= 15 is 0 Å². The predicted molar refractivity (Wildman–Crippen MR) is 37.2 cm³/mol. The van der Waals surface area contributed by atoms with Gasteiger partial charge in [0.05, 0.1) is 13.2 Å². The van der Waals surface area contributed by atoms with Crippen molar-refractivity contribution in [3.63, 3.8) is 0 Å². The van der Waals surface area contributed by atoms with Crippen molar-refractivity contribution in [1.82, 2.24) is 0 Å². The molecule has 0 radical (unpaired) electrons. The number of ether oxygens (including phenoxy) is 1. The number of hydrogen-bond donors (Lipinski definition) is 2. The lowest BCUT2D eigenvalue weighted by Gasteiger charge is -2.19. The minimum absolute atomic E-state index is 0.496. The van der Waals surface area contributed by atoms with Crippen LogP contribution in [-0.2, 0) is 9.53 Å². The molecule has 4 heteroatoms. The van der Waals surface area contributed by atoms with E-state index in [-0.39, 0.29) is 0 Å². The summed E-state index contributed by atoms with van der Waals surface area (Å²) in [5, 5.41) is 17.3. The molecule has 0 amide bonds. The number of carbonyl (C=O) groups excluding carboxylic acids is 1. The van der Waals surface area contributed by atoms with E-state index in [1.165, 1.54) is 6.92 Å². The van der Waals surface area contributed by atoms with Crippen molar-refractivity contribution in [1.29, 1.82) is 0 Å². The van der Waals surface area contributed by atoms with Gasteiger partial charge in [0.25, 0.3) is 0 Å². The van der Waals surface area contributed by atoms with Crippen LogP contribution in [0.15, 0.2) is 0 Å². The second-order valence-electron chi connectivity index (χ2n) is 2.38. The fourth-order valence-corrected chi connectivity index (χ4v) is 0.356. The van der Waals surface area contributed by atoms with E-state index in [9.17, 15) is 4.79 Å². The van der Waals surface area contributed by atoms with Gasteiger partial charge < -0.3 is 14.9 Å². The van der Waals surface area contributed by atoms with Gasteiger partial charge in [0.2, 0.25) is 0 Å². The monoisotopic (exact) mass is 158 g/mol. The van der Waals surface area contributed by atoms with Crippen LogP contribution < -0.4 is 0 Å². The fourth-order valence-electron chi connectivity index (χ4n) is 0.356. The maximum Gasteiger partial charge on any atom is 0.330 e. The zero-order chi connectivity index (χ0) is 8.91. The highest BCUT2D eigenvalue weighted by atomic mass is 16.5. The lowest BCUT2D eigenvalue weighted by molar-refractivity contribution is -0.152. The number of esters is 1. The Morgan fingerprint density at radius 1 is 1.64 bits per heavy atom. The summed E-state index contributed by atoms with van der Waals surface area (Å²) in [5.74, 6) is -0.801. The summed E-state index contributed by atoms with van der Waals surface area (Å²) in [6, 6.07) is 0. The van der Waals surface area contributed by atoms with Gasteiger partial charge in [-0.15, -0.1) is 0 Å². The van der Waals surface area contributed by atoms with Gasteiger partial charge in [-0.3, -0.25) is 4.79 Å². The van der Waals surface area contributed by atoms with Crippen LogP contribution in [0.25, 0.3) is 0 Å². The second kappa shape index (κ2) is 3.96. The molecule has 0 aromatic carbocycles. The number of aliphatic hydroxyl groups is 2. The van der Waals surface area contributed by atoms with E-state index < -0.39 is 24.6 Å². The molecular weight excluding hydrogens is 148 g/mol. The summed E-state index contributed by atoms with van der Waals surface area (Å²) < 4.78 is 4.16. The summed E-state index contributed by atoms with van der Waals surface area (Å²) in [6.07, 6.45) is 6.35. The third kappa shape index (κ3) is 2.22. The van der Waals surface area contributed by atoms with Crippen LogP contribution in [0.3, 0.4) is 0 Å². The van der Waals surface area contributed by atoms with E-state index in [0.717, 1.165) is 0 Å². The highest BCUT2D eigenvalue weighted by Gasteiger charge is 2.33. The Morgan fingerprint density at radius 3 is 2.36 bits per heavy atom. The molecule has 0 aromatic heterocycles. The van der Waals surface area contributed by atoms with Gasteiger partial charge >= 0.3 is 5.97 Å². The average molecular weight is 158 g/mol. The first-order valence-corrected chi connectivity index (χ1v) is 2.99. The minimum atomic E-state index is -1.30. The Hall–Kier alpha value is -1.05. The van der Waals surface area contributed by atoms with Gasteiger partial charge in [0.15, 0.2) is 0 Å². The Bertz CT molecular complexity index is 175. The first-order chi connectivity index (χ1) is 5.10. The zero-order valence-corrected chi connectivity index (χ0v) is 6.20. The first kappa shape index (κ1) is 9.95. The van der Waals surface area contributed by atoms with Crippen molar-refractivity contribution in [3.05, 3.63) is 0 Å². The largest absolute Gasteiger partial charge is 0.395 e. The lowest BCUT2D eigenvalue weighted by atomic mass is 9.93. The molecule has 0 heterocycles. The minimum Gasteiger partial charge on any atom is -0.395 e. The molecule has 0 aliphatic heterocycles. The molecule has 2 N–H and O–H groups in total. The van der Waals surface area contributed by atoms with Gasteiger partial charge in [0, 0.05) is 0 Å². The normalized spacial score (nSPS) is 10.4. The number of aliphatic hydroxyl groups excluding tert-OH is 2. The lowest BCUT2D eigenvalue weighted by Crippen LogP contribution is -2.36. The average Bonchev–Trinajstić information content (AvgIpc) is 2.03. The third-order valence-electron chi connectivity index (χ3n) is 1.34. The van der Waals surface area contributed by atoms with Gasteiger partial charge in [0.1, 0.15) is 11.5 Å². The molecule has 4 nitrogen and oxygen atoms in total. The third-order valence-corrected chi connectivity index (χ3v) is 1.34. The topological polar surface area (TPSA) is 66.8 Å². The van der Waals surface area contributed by atoms with Crippen molar-refractivity contribution in [2.24, 2.45) is 5.41 Å². The summed E-state index contributed by atoms with van der Waals surface area (Å²) in [7, 11) is 0. The number of hydrogen-bond acceptors (Lipinski definition) is 4. The molecule has 0 aliphatic rings. The van der Waals surface area contributed by atoms with E-state index in [2.05, 4.69) is 11.2 Å². The smallest absolute Gasteiger partial charge is 0.330 e. The molecule has 0 bridgehead atoms. The molecule has 0 saturated carbocycles. The van der Waals surface area contributed by atoms with Gasteiger partial charge in [-0.2, -0.15) is 0 Å². The molecule has 0 saturated heterocycles. The summed E-state index contributed by atoms with van der Waals surface area (Å²) in [5.41, 5.74) is -1.30. The van der Waals surface area contributed by atoms with Crippen LogP contribution in [0.5, 0.6) is 0 Å². The maximum absolute atomic E-state index is 10.8. The highest BCUT2D eigenvalue weighted by Crippen LogP contribution is 2.15. The summed E-state index contributed by atoms with van der Waals surface area (Å²) in [6.45, 7) is 0.362. The van der Waals surface area contributed by atoms with Crippen LogP contribution in [0.4, 0.5) is 0 Å². The standard InChI is InChI=1S/C7H10O4/c1-3-11-6(10)7(2,4-8)5-9/h1,8-9H,4-5H2,2H3. The zero-order valence-electron chi connectivity index (χ0n) is 6.20. The Labute approximate surface area is 64.8 Å². The number of carbonyl (C=O) groups is 1. The van der Waals surface area contributed by atoms with Gasteiger partial charge in [-0.25, -0.2) is 0 Å². The Kier molecular flexibility index (Phi) is 3.58. The van der Waals surface area contributed by atoms with Crippen LogP contribution in [0, 0.1) is 17.9 Å². The molecule has 0 aromatic rings. The van der Waals surface area contributed by atoms with Crippen molar-refractivity contribution < 1.29 is 19.7 Å². The Morgan fingerprint density at radius 2 is 2.09 bits per heavy atom. The van der Waals surface area contributed by atoms with E-state index in [1.807, 2.05) is 0 Å². The van der Waals surface area contributed by atoms with Crippen LogP contribution in [0.1, 0.15) is 6.92 Å². The van der Waals surface area contributed by atoms with E-state index in [0.29, 0.717) is 0 Å². The SMILES string of the molecule is C#COC(=O)C(C)(CO)CO. The first-order valence-electron chi connectivity index (χ1n) is 2.99. The molecule has 11 heavy (non-hydrogen) atoms. The molecule has 0 unspecified atom stereocenters. The molecule has 0 aliphatic carbocycles. The van der Waals surface area contributed by atoms with Crippen molar-refractivity contribution in [2.75, 3.05) is 13.2 Å². The maximum atomic E-state index is 10.8. The number of rotatable bonds is 3. The van der Waals surface area contributed by atoms with Crippen molar-refractivity contribution in [3.8, 4) is 12.5 Å². The van der Waals surface area contributed by atoms with Gasteiger partial charge in [-0.1, -0.05) is 6.42 Å². The summed E-state index contributed by atoms with van der Waals surface area (Å²) in [4.78, 5) is 10.8. The second-order valence-corrected chi connectivity index (χ2v) is 2.38. The van der Waals surface area contributed by atoms with E-state index in [4.69, 9.17) is 10.2 Å².